The lowest BCUT2D eigenvalue weighted by Gasteiger charge is -2.49. The van der Waals surface area contributed by atoms with Crippen molar-refractivity contribution in [1.29, 1.82) is 0 Å². The van der Waals surface area contributed by atoms with Crippen LogP contribution in [0, 0.1) is 31.1 Å². The zero-order chi connectivity index (χ0) is 23.8. The summed E-state index contributed by atoms with van der Waals surface area (Å²) < 4.78 is 6.43. The van der Waals surface area contributed by atoms with E-state index in [0.717, 1.165) is 43.4 Å². The van der Waals surface area contributed by atoms with Gasteiger partial charge in [-0.15, -0.1) is 6.42 Å². The lowest BCUT2D eigenvalue weighted by molar-refractivity contribution is -0.108. The molecule has 2 heterocycles. The van der Waals surface area contributed by atoms with Gasteiger partial charge in [0, 0.05) is 19.0 Å². The summed E-state index contributed by atoms with van der Waals surface area (Å²) in [5.74, 6) is 1.62. The Balaban J connectivity index is 1.55. The van der Waals surface area contributed by atoms with Crippen molar-refractivity contribution in [3.63, 3.8) is 0 Å². The summed E-state index contributed by atoms with van der Waals surface area (Å²) in [6, 6.07) is 8.68. The van der Waals surface area contributed by atoms with Crippen molar-refractivity contribution in [1.82, 2.24) is 4.90 Å². The van der Waals surface area contributed by atoms with Crippen LogP contribution in [0.3, 0.4) is 0 Å². The summed E-state index contributed by atoms with van der Waals surface area (Å²) in [5, 5.41) is 22.4. The van der Waals surface area contributed by atoms with Gasteiger partial charge >= 0.3 is 0 Å². The highest BCUT2D eigenvalue weighted by Crippen LogP contribution is 2.49. The highest BCUT2D eigenvalue weighted by molar-refractivity contribution is 5.52. The molecule has 1 aromatic rings. The van der Waals surface area contributed by atoms with Crippen LogP contribution in [0.5, 0.6) is 0 Å². The van der Waals surface area contributed by atoms with E-state index in [2.05, 4.69) is 62.8 Å². The number of hydrogen-bond donors (Lipinski definition) is 2. The Hall–Kier alpha value is -2.32. The van der Waals surface area contributed by atoms with Crippen molar-refractivity contribution < 1.29 is 14.9 Å². The van der Waals surface area contributed by atoms with E-state index in [1.807, 2.05) is 6.08 Å². The molecule has 1 aliphatic carbocycles. The fraction of sp³-hybridized carbons (Fsp3) is 0.517. The van der Waals surface area contributed by atoms with Gasteiger partial charge in [-0.05, 0) is 81.2 Å². The molecule has 3 aliphatic rings. The van der Waals surface area contributed by atoms with Gasteiger partial charge in [-0.25, -0.2) is 0 Å². The minimum atomic E-state index is -2.03. The first-order chi connectivity index (χ1) is 15.6. The van der Waals surface area contributed by atoms with Crippen LogP contribution in [0.15, 0.2) is 58.9 Å². The number of piperidine rings is 1. The van der Waals surface area contributed by atoms with E-state index in [1.165, 1.54) is 11.1 Å². The summed E-state index contributed by atoms with van der Waals surface area (Å²) >= 11 is 0. The number of ether oxygens (including phenoxy) is 1. The van der Waals surface area contributed by atoms with Crippen LogP contribution in [0.1, 0.15) is 51.2 Å². The molecule has 33 heavy (non-hydrogen) atoms. The van der Waals surface area contributed by atoms with Crippen LogP contribution >= 0.6 is 0 Å². The number of rotatable bonds is 6. The smallest absolute Gasteiger partial charge is 0.214 e. The van der Waals surface area contributed by atoms with Crippen LogP contribution < -0.4 is 0 Å². The summed E-state index contributed by atoms with van der Waals surface area (Å²) in [7, 11) is 0. The van der Waals surface area contributed by atoms with Gasteiger partial charge < -0.3 is 14.9 Å². The minimum absolute atomic E-state index is 0.138. The molecule has 4 rings (SSSR count). The average molecular weight is 448 g/mol. The summed E-state index contributed by atoms with van der Waals surface area (Å²) in [6.45, 7) is 10.6. The van der Waals surface area contributed by atoms with Gasteiger partial charge in [-0.3, -0.25) is 4.90 Å². The molecular weight excluding hydrogens is 410 g/mol. The monoisotopic (exact) mass is 447 g/mol. The fourth-order valence-corrected chi connectivity index (χ4v) is 5.60. The first kappa shape index (κ1) is 23.8. The molecule has 4 heteroatoms. The van der Waals surface area contributed by atoms with Crippen molar-refractivity contribution in [2.75, 3.05) is 19.6 Å². The SMILES string of the molecule is C#CCN1CCC2C(=C3C(=CC(C(C)CCCc4ccc(C)cc4)=CC3(O)O)OC2(C)C)C1. The third-order valence-corrected chi connectivity index (χ3v) is 7.47. The second-order valence-electron chi connectivity index (χ2n) is 10.5. The molecule has 2 N–H and O–H groups in total. The molecule has 2 unspecified atom stereocenters. The average Bonchev–Trinajstić information content (AvgIpc) is 2.73. The first-order valence-corrected chi connectivity index (χ1v) is 12.1. The highest BCUT2D eigenvalue weighted by atomic mass is 16.5. The van der Waals surface area contributed by atoms with Gasteiger partial charge in [0.25, 0.3) is 0 Å². The van der Waals surface area contributed by atoms with Crippen molar-refractivity contribution in [3.8, 4) is 12.3 Å². The topological polar surface area (TPSA) is 52.9 Å². The molecule has 4 nitrogen and oxygen atoms in total. The molecule has 2 atom stereocenters. The van der Waals surface area contributed by atoms with Gasteiger partial charge in [0.15, 0.2) is 0 Å². The molecule has 0 aromatic heterocycles. The maximum Gasteiger partial charge on any atom is 0.214 e. The number of fused-ring (bicyclic) bond motifs is 2. The molecule has 0 saturated carbocycles. The first-order valence-electron chi connectivity index (χ1n) is 12.1. The Morgan fingerprint density at radius 1 is 1.24 bits per heavy atom. The van der Waals surface area contributed by atoms with E-state index >= 15 is 0 Å². The van der Waals surface area contributed by atoms with Gasteiger partial charge in [0.1, 0.15) is 11.4 Å². The zero-order valence-corrected chi connectivity index (χ0v) is 20.4. The maximum atomic E-state index is 11.2. The van der Waals surface area contributed by atoms with E-state index in [-0.39, 0.29) is 11.8 Å². The summed E-state index contributed by atoms with van der Waals surface area (Å²) in [6.07, 6.45) is 13.1. The van der Waals surface area contributed by atoms with E-state index in [9.17, 15) is 10.2 Å². The van der Waals surface area contributed by atoms with Crippen LogP contribution in [0.25, 0.3) is 0 Å². The largest absolute Gasteiger partial charge is 0.487 e. The van der Waals surface area contributed by atoms with Crippen LogP contribution in [-0.2, 0) is 11.2 Å². The molecule has 0 bridgehead atoms. The zero-order valence-electron chi connectivity index (χ0n) is 20.4. The standard InChI is InChI=1S/C29H37NO3/c1-6-15-30-16-14-25-24(19-30)27-26(33-28(25,4)5)17-23(18-29(27,31)32)21(3)8-7-9-22-12-10-20(2)11-13-22/h1,10-13,17-18,21,25,31-32H,7-9,14-16,19H2,2-5H3. The molecule has 176 valence electrons. The molecule has 0 spiro atoms. The molecule has 0 radical (unpaired) electrons. The van der Waals surface area contributed by atoms with Crippen LogP contribution in [0.2, 0.25) is 0 Å². The van der Waals surface area contributed by atoms with E-state index in [1.54, 1.807) is 6.08 Å². The van der Waals surface area contributed by atoms with E-state index < -0.39 is 11.4 Å². The number of aryl methyl sites for hydroxylation is 2. The lowest BCUT2D eigenvalue weighted by atomic mass is 9.71. The number of likely N-dealkylation sites (tertiary alicyclic amines) is 1. The Kier molecular flexibility index (Phi) is 6.60. The van der Waals surface area contributed by atoms with Gasteiger partial charge in [-0.2, -0.15) is 0 Å². The normalized spacial score (nSPS) is 24.6. The molecule has 0 amide bonds. The van der Waals surface area contributed by atoms with Crippen LogP contribution in [0.4, 0.5) is 0 Å². The Bertz CT molecular complexity index is 1020. The van der Waals surface area contributed by atoms with E-state index in [4.69, 9.17) is 11.2 Å². The molecule has 2 aliphatic heterocycles. The van der Waals surface area contributed by atoms with Crippen molar-refractivity contribution in [3.05, 3.63) is 70.0 Å². The second kappa shape index (κ2) is 9.14. The third kappa shape index (κ3) is 4.96. The van der Waals surface area contributed by atoms with Crippen molar-refractivity contribution in [2.24, 2.45) is 11.8 Å². The molecule has 1 saturated heterocycles. The van der Waals surface area contributed by atoms with Crippen molar-refractivity contribution in [2.45, 2.75) is 64.8 Å². The Labute approximate surface area is 198 Å². The Morgan fingerprint density at radius 2 is 1.97 bits per heavy atom. The molecular formula is C29H37NO3. The molecule has 1 fully saturated rings. The number of benzene rings is 1. The lowest BCUT2D eigenvalue weighted by Crippen LogP contribution is -2.51. The quantitative estimate of drug-likeness (QED) is 0.497. The van der Waals surface area contributed by atoms with Gasteiger partial charge in [-0.1, -0.05) is 42.7 Å². The minimum Gasteiger partial charge on any atom is -0.487 e. The predicted molar refractivity (Wildman–Crippen MR) is 132 cm³/mol. The highest BCUT2D eigenvalue weighted by Gasteiger charge is 2.49. The Morgan fingerprint density at radius 3 is 2.67 bits per heavy atom. The van der Waals surface area contributed by atoms with Gasteiger partial charge in [0.2, 0.25) is 5.79 Å². The van der Waals surface area contributed by atoms with Crippen LogP contribution in [-0.4, -0.2) is 46.1 Å². The third-order valence-electron chi connectivity index (χ3n) is 7.47. The van der Waals surface area contributed by atoms with E-state index in [0.29, 0.717) is 24.4 Å². The number of aliphatic hydroxyl groups is 2. The summed E-state index contributed by atoms with van der Waals surface area (Å²) in [4.78, 5) is 2.20. The number of hydrogen-bond acceptors (Lipinski definition) is 4. The number of allylic oxidation sites excluding steroid dienone is 2. The predicted octanol–water partition coefficient (Wildman–Crippen LogP) is 4.52. The maximum absolute atomic E-state index is 11.2. The number of terminal acetylenes is 1. The van der Waals surface area contributed by atoms with Gasteiger partial charge in [0.05, 0.1) is 12.1 Å². The fourth-order valence-electron chi connectivity index (χ4n) is 5.60. The number of nitrogens with zero attached hydrogens (tertiary/aromatic N) is 1. The second-order valence-corrected chi connectivity index (χ2v) is 10.5. The summed E-state index contributed by atoms with van der Waals surface area (Å²) in [5.41, 5.74) is 4.70. The van der Waals surface area contributed by atoms with Crippen molar-refractivity contribution >= 4 is 0 Å². The molecule has 1 aromatic carbocycles.